The molecule has 1 aliphatic carbocycles. The van der Waals surface area contributed by atoms with E-state index in [4.69, 9.17) is 4.74 Å². The molecular weight excluding hydrogens is 394 g/mol. The number of aryl methyl sites for hydroxylation is 1. The first-order valence-electron chi connectivity index (χ1n) is 11.3. The van der Waals surface area contributed by atoms with Gasteiger partial charge in [-0.3, -0.25) is 14.7 Å². The molecule has 1 unspecified atom stereocenters. The smallest absolute Gasteiger partial charge is 0.274 e. The molecule has 1 aromatic heterocycles. The minimum atomic E-state index is -0.584. The van der Waals surface area contributed by atoms with E-state index in [0.717, 1.165) is 55.5 Å². The molecule has 2 spiro atoms. The molecule has 2 saturated heterocycles. The molecule has 2 amide bonds. The molecule has 6 rings (SSSR count). The molecule has 2 aromatic rings. The van der Waals surface area contributed by atoms with Crippen LogP contribution in [-0.2, 0) is 17.6 Å². The van der Waals surface area contributed by atoms with Crippen LogP contribution in [0.15, 0.2) is 24.3 Å². The summed E-state index contributed by atoms with van der Waals surface area (Å²) in [5, 5.41) is 14.1. The number of likely N-dealkylation sites (tertiary alicyclic amines) is 1. The van der Waals surface area contributed by atoms with Crippen molar-refractivity contribution < 1.29 is 14.3 Å². The van der Waals surface area contributed by atoms with Crippen molar-refractivity contribution in [3.8, 4) is 0 Å². The number of piperidine rings is 1. The van der Waals surface area contributed by atoms with Gasteiger partial charge in [0.1, 0.15) is 5.66 Å². The molecule has 31 heavy (non-hydrogen) atoms. The Balaban J connectivity index is 1.15. The van der Waals surface area contributed by atoms with Gasteiger partial charge in [-0.1, -0.05) is 12.1 Å². The zero-order chi connectivity index (χ0) is 21.1. The quantitative estimate of drug-likeness (QED) is 0.656. The lowest BCUT2D eigenvalue weighted by atomic mass is 9.84. The second kappa shape index (κ2) is 6.82. The lowest BCUT2D eigenvalue weighted by Crippen LogP contribution is -2.59. The molecule has 3 N–H and O–H groups in total. The zero-order valence-electron chi connectivity index (χ0n) is 17.5. The van der Waals surface area contributed by atoms with Crippen molar-refractivity contribution in [1.82, 2.24) is 20.4 Å². The number of hydrogen-bond donors (Lipinski definition) is 3. The van der Waals surface area contributed by atoms with Crippen molar-refractivity contribution in [3.05, 3.63) is 46.8 Å². The maximum absolute atomic E-state index is 13.1. The van der Waals surface area contributed by atoms with E-state index in [-0.39, 0.29) is 17.4 Å². The summed E-state index contributed by atoms with van der Waals surface area (Å²) in [6, 6.07) is 7.57. The average Bonchev–Trinajstić information content (AvgIpc) is 3.36. The van der Waals surface area contributed by atoms with Gasteiger partial charge in [-0.25, -0.2) is 0 Å². The third kappa shape index (κ3) is 3.04. The first-order valence-corrected chi connectivity index (χ1v) is 11.3. The number of nitrogens with zero attached hydrogens (tertiary/aromatic N) is 2. The second-order valence-corrected chi connectivity index (χ2v) is 9.38. The third-order valence-electron chi connectivity index (χ3n) is 7.37. The van der Waals surface area contributed by atoms with Gasteiger partial charge in [-0.05, 0) is 50.7 Å². The van der Waals surface area contributed by atoms with Gasteiger partial charge in [0, 0.05) is 36.5 Å². The van der Waals surface area contributed by atoms with Gasteiger partial charge in [0.05, 0.1) is 17.8 Å². The van der Waals surface area contributed by atoms with E-state index in [1.807, 2.05) is 29.2 Å². The number of carbonyl (C=O) groups is 2. The highest BCUT2D eigenvalue weighted by atomic mass is 16.5. The van der Waals surface area contributed by atoms with Crippen molar-refractivity contribution >= 4 is 17.5 Å². The number of hydrogen-bond acceptors (Lipinski definition) is 5. The van der Waals surface area contributed by atoms with Crippen LogP contribution in [0.2, 0.25) is 0 Å². The average molecular weight is 422 g/mol. The maximum atomic E-state index is 13.1. The number of H-pyrrole nitrogens is 1. The van der Waals surface area contributed by atoms with Crippen LogP contribution >= 0.6 is 0 Å². The Hall–Kier alpha value is -2.87. The fraction of sp³-hybridized carbons (Fsp3) is 0.522. The van der Waals surface area contributed by atoms with Crippen LogP contribution in [0, 0.1) is 0 Å². The number of aromatic amines is 1. The van der Waals surface area contributed by atoms with Crippen molar-refractivity contribution in [2.45, 2.75) is 56.2 Å². The number of amides is 2. The van der Waals surface area contributed by atoms with E-state index >= 15 is 0 Å². The number of anilines is 1. The molecule has 2 fully saturated rings. The predicted octanol–water partition coefficient (Wildman–Crippen LogP) is 2.24. The molecule has 8 nitrogen and oxygen atoms in total. The maximum Gasteiger partial charge on any atom is 0.274 e. The number of carbonyl (C=O) groups excluding carboxylic acids is 2. The largest absolute Gasteiger partial charge is 0.370 e. The second-order valence-electron chi connectivity index (χ2n) is 9.38. The Morgan fingerprint density at radius 3 is 2.77 bits per heavy atom. The van der Waals surface area contributed by atoms with Crippen LogP contribution in [-0.4, -0.2) is 57.9 Å². The lowest BCUT2D eigenvalue weighted by Gasteiger charge is -2.41. The highest BCUT2D eigenvalue weighted by molar-refractivity contribution is 6.02. The predicted molar refractivity (Wildman–Crippen MR) is 114 cm³/mol. The zero-order valence-corrected chi connectivity index (χ0v) is 17.5. The molecule has 1 atom stereocenters. The van der Waals surface area contributed by atoms with E-state index in [9.17, 15) is 9.59 Å². The Labute approximate surface area is 180 Å². The molecule has 1 aromatic carbocycles. The number of para-hydroxylation sites is 1. The Morgan fingerprint density at radius 2 is 1.90 bits per heavy atom. The van der Waals surface area contributed by atoms with Crippen LogP contribution in [0.4, 0.5) is 5.69 Å². The number of rotatable bonds is 1. The lowest BCUT2D eigenvalue weighted by molar-refractivity contribution is -0.0394. The summed E-state index contributed by atoms with van der Waals surface area (Å²) < 4.78 is 6.31. The van der Waals surface area contributed by atoms with E-state index in [2.05, 4.69) is 20.8 Å². The number of benzene rings is 1. The molecular formula is C23H27N5O3. The van der Waals surface area contributed by atoms with Crippen LogP contribution in [0.1, 0.15) is 64.2 Å². The molecule has 0 saturated carbocycles. The van der Waals surface area contributed by atoms with E-state index in [0.29, 0.717) is 37.4 Å². The highest BCUT2D eigenvalue weighted by Gasteiger charge is 2.53. The standard InChI is InChI=1S/C23H27N5O3/c29-20-16-6-2-3-7-17(16)24-23(25-20)13-22(31-14-23)9-11-28(12-10-22)21(30)19-15-5-1-4-8-18(15)26-27-19/h2-3,6-7,24H,1,4-5,8-14H2,(H,25,29)(H,26,27). The van der Waals surface area contributed by atoms with E-state index < -0.39 is 5.66 Å². The fourth-order valence-electron chi connectivity index (χ4n) is 5.70. The Bertz CT molecular complexity index is 1060. The van der Waals surface area contributed by atoms with Gasteiger partial charge in [0.25, 0.3) is 11.8 Å². The minimum Gasteiger partial charge on any atom is -0.370 e. The van der Waals surface area contributed by atoms with Gasteiger partial charge in [-0.15, -0.1) is 0 Å². The minimum absolute atomic E-state index is 0.0278. The van der Waals surface area contributed by atoms with Gasteiger partial charge in [0.2, 0.25) is 0 Å². The fourth-order valence-corrected chi connectivity index (χ4v) is 5.70. The summed E-state index contributed by atoms with van der Waals surface area (Å²) in [7, 11) is 0. The highest BCUT2D eigenvalue weighted by Crippen LogP contribution is 2.43. The molecule has 4 aliphatic rings. The first kappa shape index (κ1) is 18.9. The molecule has 0 bridgehead atoms. The van der Waals surface area contributed by atoms with Gasteiger partial charge >= 0.3 is 0 Å². The number of ether oxygens (including phenoxy) is 1. The Kier molecular flexibility index (Phi) is 4.15. The topological polar surface area (TPSA) is 99.3 Å². The van der Waals surface area contributed by atoms with Crippen molar-refractivity contribution in [1.29, 1.82) is 0 Å². The number of nitrogens with one attached hydrogen (secondary N) is 3. The van der Waals surface area contributed by atoms with Gasteiger partial charge in [-0.2, -0.15) is 5.10 Å². The van der Waals surface area contributed by atoms with Crippen LogP contribution < -0.4 is 10.6 Å². The first-order chi connectivity index (χ1) is 15.1. The molecule has 0 radical (unpaired) electrons. The summed E-state index contributed by atoms with van der Waals surface area (Å²) >= 11 is 0. The van der Waals surface area contributed by atoms with Crippen molar-refractivity contribution in [2.75, 3.05) is 25.0 Å². The SMILES string of the molecule is O=C1NC2(COC3(CCN(C(=O)c4n[nH]c5c4CCCC5)CC3)C2)Nc2ccccc21. The summed E-state index contributed by atoms with van der Waals surface area (Å²) in [5.41, 5.74) is 3.45. The van der Waals surface area contributed by atoms with E-state index in [1.165, 1.54) is 0 Å². The van der Waals surface area contributed by atoms with Gasteiger partial charge in [0.15, 0.2) is 5.69 Å². The third-order valence-corrected chi connectivity index (χ3v) is 7.37. The normalized spacial score (nSPS) is 26.3. The van der Waals surface area contributed by atoms with E-state index in [1.54, 1.807) is 0 Å². The van der Waals surface area contributed by atoms with Crippen LogP contribution in [0.25, 0.3) is 0 Å². The summed E-state index contributed by atoms with van der Waals surface area (Å²) in [6.07, 6.45) is 6.40. The summed E-state index contributed by atoms with van der Waals surface area (Å²) in [6.45, 7) is 1.70. The number of fused-ring (bicyclic) bond motifs is 2. The molecule has 4 heterocycles. The van der Waals surface area contributed by atoms with Crippen molar-refractivity contribution in [2.24, 2.45) is 0 Å². The van der Waals surface area contributed by atoms with Crippen LogP contribution in [0.3, 0.4) is 0 Å². The number of aromatic nitrogens is 2. The Morgan fingerprint density at radius 1 is 1.10 bits per heavy atom. The van der Waals surface area contributed by atoms with Crippen molar-refractivity contribution in [3.63, 3.8) is 0 Å². The summed E-state index contributed by atoms with van der Waals surface area (Å²) in [4.78, 5) is 27.7. The van der Waals surface area contributed by atoms with Gasteiger partial charge < -0.3 is 20.3 Å². The summed E-state index contributed by atoms with van der Waals surface area (Å²) in [5.74, 6) is -0.0362. The molecule has 8 heteroatoms. The monoisotopic (exact) mass is 421 g/mol. The molecule has 3 aliphatic heterocycles. The molecule has 162 valence electrons. The van der Waals surface area contributed by atoms with Crippen LogP contribution in [0.5, 0.6) is 0 Å².